The van der Waals surface area contributed by atoms with Crippen molar-refractivity contribution in [2.24, 2.45) is 11.7 Å². The van der Waals surface area contributed by atoms with Gasteiger partial charge in [0.25, 0.3) is 0 Å². The van der Waals surface area contributed by atoms with E-state index in [9.17, 15) is 0 Å². The van der Waals surface area contributed by atoms with Gasteiger partial charge in [-0.05, 0) is 42.5 Å². The lowest BCUT2D eigenvalue weighted by atomic mass is 9.88. The minimum Gasteiger partial charge on any atom is -0.493 e. The number of benzene rings is 1. The van der Waals surface area contributed by atoms with E-state index >= 15 is 0 Å². The van der Waals surface area contributed by atoms with Gasteiger partial charge in [0.1, 0.15) is 5.75 Å². The molecule has 1 aliphatic carbocycles. The molecule has 2 atom stereocenters. The lowest BCUT2D eigenvalue weighted by Gasteiger charge is -2.23. The summed E-state index contributed by atoms with van der Waals surface area (Å²) >= 11 is 0. The highest BCUT2D eigenvalue weighted by Crippen LogP contribution is 2.30. The van der Waals surface area contributed by atoms with Crippen molar-refractivity contribution in [2.45, 2.75) is 32.2 Å². The molecule has 1 aliphatic rings. The van der Waals surface area contributed by atoms with Crippen LogP contribution in [0.4, 0.5) is 0 Å². The molecule has 0 spiro atoms. The zero-order valence-electron chi connectivity index (χ0n) is 10.4. The van der Waals surface area contributed by atoms with E-state index in [1.54, 1.807) is 0 Å². The molecule has 94 valence electrons. The van der Waals surface area contributed by atoms with E-state index in [2.05, 4.69) is 12.1 Å². The van der Waals surface area contributed by atoms with E-state index in [0.717, 1.165) is 18.6 Å². The minimum absolute atomic E-state index is 0.151. The Labute approximate surface area is 103 Å². The molecule has 17 heavy (non-hydrogen) atoms. The van der Waals surface area contributed by atoms with Crippen LogP contribution in [-0.2, 0) is 6.42 Å². The molecule has 3 N–H and O–H groups in total. The average molecular weight is 235 g/mol. The Morgan fingerprint density at radius 3 is 3.12 bits per heavy atom. The first-order valence-electron chi connectivity index (χ1n) is 6.32. The molecule has 2 unspecified atom stereocenters. The van der Waals surface area contributed by atoms with E-state index in [1.165, 1.54) is 17.5 Å². The Morgan fingerprint density at radius 2 is 2.35 bits per heavy atom. The number of hydrogen-bond donors (Lipinski definition) is 2. The maximum absolute atomic E-state index is 8.95. The fraction of sp³-hybridized carbons (Fsp3) is 0.571. The third-order valence-corrected chi connectivity index (χ3v) is 3.32. The van der Waals surface area contributed by atoms with Crippen LogP contribution in [0.1, 0.15) is 36.9 Å². The van der Waals surface area contributed by atoms with E-state index in [4.69, 9.17) is 15.6 Å². The summed E-state index contributed by atoms with van der Waals surface area (Å²) in [5.41, 5.74) is 8.68. The second-order valence-electron chi connectivity index (χ2n) is 4.96. The number of ether oxygens (including phenoxy) is 1. The highest BCUT2D eigenvalue weighted by atomic mass is 16.5. The fourth-order valence-corrected chi connectivity index (χ4v) is 2.19. The van der Waals surface area contributed by atoms with Crippen molar-refractivity contribution in [3.05, 3.63) is 29.3 Å². The zero-order valence-corrected chi connectivity index (χ0v) is 10.4. The van der Waals surface area contributed by atoms with Gasteiger partial charge in [0, 0.05) is 18.6 Å². The molecule has 0 bridgehead atoms. The highest BCUT2D eigenvalue weighted by molar-refractivity contribution is 5.39. The van der Waals surface area contributed by atoms with E-state index in [0.29, 0.717) is 6.61 Å². The van der Waals surface area contributed by atoms with Crippen LogP contribution in [0.15, 0.2) is 18.2 Å². The summed E-state index contributed by atoms with van der Waals surface area (Å²) in [6.07, 6.45) is 3.36. The molecule has 1 aromatic rings. The number of rotatable bonds is 4. The van der Waals surface area contributed by atoms with Crippen LogP contribution in [0.3, 0.4) is 0 Å². The Bertz CT molecular complexity index is 378. The molecule has 3 nitrogen and oxygen atoms in total. The minimum atomic E-state index is 0.151. The first kappa shape index (κ1) is 12.4. The predicted molar refractivity (Wildman–Crippen MR) is 68.1 cm³/mol. The van der Waals surface area contributed by atoms with Crippen LogP contribution in [0.2, 0.25) is 0 Å². The van der Waals surface area contributed by atoms with Crippen molar-refractivity contribution in [1.82, 2.24) is 0 Å². The van der Waals surface area contributed by atoms with Gasteiger partial charge in [-0.25, -0.2) is 0 Å². The molecule has 0 aromatic heterocycles. The van der Waals surface area contributed by atoms with E-state index in [-0.39, 0.29) is 18.6 Å². The quantitative estimate of drug-likeness (QED) is 0.839. The van der Waals surface area contributed by atoms with Crippen LogP contribution in [-0.4, -0.2) is 18.3 Å². The average Bonchev–Trinajstić information content (AvgIpc) is 2.36. The third-order valence-electron chi connectivity index (χ3n) is 3.32. The van der Waals surface area contributed by atoms with Gasteiger partial charge < -0.3 is 15.6 Å². The molecule has 3 heteroatoms. The summed E-state index contributed by atoms with van der Waals surface area (Å²) in [6, 6.07) is 6.33. The Balaban J connectivity index is 2.07. The van der Waals surface area contributed by atoms with Gasteiger partial charge in [-0.3, -0.25) is 0 Å². The number of aliphatic hydroxyl groups is 1. The lowest BCUT2D eigenvalue weighted by molar-refractivity contribution is 0.174. The first-order chi connectivity index (χ1) is 8.20. The number of nitrogens with two attached hydrogens (primary N) is 1. The predicted octanol–water partition coefficient (Wildman–Crippen LogP) is 2.03. The Morgan fingerprint density at radius 1 is 1.53 bits per heavy atom. The van der Waals surface area contributed by atoms with Crippen LogP contribution in [0.25, 0.3) is 0 Å². The topological polar surface area (TPSA) is 55.5 Å². The second kappa shape index (κ2) is 5.52. The van der Waals surface area contributed by atoms with Gasteiger partial charge >= 0.3 is 0 Å². The van der Waals surface area contributed by atoms with Crippen molar-refractivity contribution in [2.75, 3.05) is 13.2 Å². The number of hydrogen-bond acceptors (Lipinski definition) is 3. The number of aryl methyl sites for hydroxylation is 1. The van der Waals surface area contributed by atoms with Crippen molar-refractivity contribution in [1.29, 1.82) is 0 Å². The Hall–Kier alpha value is -1.06. The van der Waals surface area contributed by atoms with Crippen molar-refractivity contribution in [3.63, 3.8) is 0 Å². The van der Waals surface area contributed by atoms with Crippen molar-refractivity contribution >= 4 is 0 Å². The lowest BCUT2D eigenvalue weighted by Crippen LogP contribution is -2.18. The van der Waals surface area contributed by atoms with Gasteiger partial charge in [0.05, 0.1) is 6.61 Å². The third kappa shape index (κ3) is 2.99. The Kier molecular flexibility index (Phi) is 4.02. The van der Waals surface area contributed by atoms with Crippen LogP contribution >= 0.6 is 0 Å². The molecule has 0 fully saturated rings. The molecular weight excluding hydrogens is 214 g/mol. The van der Waals surface area contributed by atoms with Crippen molar-refractivity contribution in [3.8, 4) is 5.75 Å². The van der Waals surface area contributed by atoms with Crippen LogP contribution in [0.5, 0.6) is 5.75 Å². The molecular formula is C14H21NO2. The smallest absolute Gasteiger partial charge is 0.119 e. The maximum atomic E-state index is 8.95. The monoisotopic (exact) mass is 235 g/mol. The molecule has 0 amide bonds. The summed E-state index contributed by atoms with van der Waals surface area (Å²) in [6.45, 7) is 2.67. The SMILES string of the molecule is CC(CO)COc1ccc2c(c1)C(N)CCC2. The van der Waals surface area contributed by atoms with Gasteiger partial charge in [-0.2, -0.15) is 0 Å². The van der Waals surface area contributed by atoms with E-state index in [1.807, 2.05) is 13.0 Å². The van der Waals surface area contributed by atoms with Crippen LogP contribution < -0.4 is 10.5 Å². The summed E-state index contributed by atoms with van der Waals surface area (Å²) in [7, 11) is 0. The molecule has 0 saturated carbocycles. The molecule has 0 saturated heterocycles. The van der Waals surface area contributed by atoms with Crippen LogP contribution in [0, 0.1) is 5.92 Å². The fourth-order valence-electron chi connectivity index (χ4n) is 2.19. The van der Waals surface area contributed by atoms with Gasteiger partial charge in [-0.1, -0.05) is 13.0 Å². The summed E-state index contributed by atoms with van der Waals surface area (Å²) in [4.78, 5) is 0. The summed E-state index contributed by atoms with van der Waals surface area (Å²) in [5, 5.41) is 8.95. The zero-order chi connectivity index (χ0) is 12.3. The van der Waals surface area contributed by atoms with Gasteiger partial charge in [-0.15, -0.1) is 0 Å². The summed E-state index contributed by atoms with van der Waals surface area (Å²) < 4.78 is 5.66. The maximum Gasteiger partial charge on any atom is 0.119 e. The van der Waals surface area contributed by atoms with Gasteiger partial charge in [0.2, 0.25) is 0 Å². The molecule has 1 aromatic carbocycles. The molecule has 0 radical (unpaired) electrons. The first-order valence-corrected chi connectivity index (χ1v) is 6.32. The van der Waals surface area contributed by atoms with Gasteiger partial charge in [0.15, 0.2) is 0 Å². The largest absolute Gasteiger partial charge is 0.493 e. The second-order valence-corrected chi connectivity index (χ2v) is 4.96. The highest BCUT2D eigenvalue weighted by Gasteiger charge is 2.17. The normalized spacial score (nSPS) is 20.8. The van der Waals surface area contributed by atoms with Crippen molar-refractivity contribution < 1.29 is 9.84 Å². The number of aliphatic hydroxyl groups excluding tert-OH is 1. The molecule has 2 rings (SSSR count). The standard InChI is InChI=1S/C14H21NO2/c1-10(8-16)9-17-12-6-5-11-3-2-4-14(15)13(11)7-12/h5-7,10,14,16H,2-4,8-9,15H2,1H3. The summed E-state index contributed by atoms with van der Waals surface area (Å²) in [5.74, 6) is 1.03. The number of fused-ring (bicyclic) bond motifs is 1. The molecule has 0 heterocycles. The molecule has 0 aliphatic heterocycles. The van der Waals surface area contributed by atoms with E-state index < -0.39 is 0 Å².